The van der Waals surface area contributed by atoms with Crippen LogP contribution in [0.4, 0.5) is 0 Å². The molecule has 4 heteroatoms. The van der Waals surface area contributed by atoms with Crippen molar-refractivity contribution in [3.63, 3.8) is 0 Å². The van der Waals surface area contributed by atoms with E-state index in [0.29, 0.717) is 17.1 Å². The Hall–Kier alpha value is -4.93. The zero-order valence-electron chi connectivity index (χ0n) is 22.7. The lowest BCUT2D eigenvalue weighted by Gasteiger charge is -2.16. The van der Waals surface area contributed by atoms with Crippen molar-refractivity contribution >= 4 is 44.3 Å². The normalized spacial score (nSPS) is 17.2. The number of hydrogen-bond acceptors (Lipinski definition) is 3. The van der Waals surface area contributed by atoms with E-state index in [2.05, 4.69) is 132 Å². The molecule has 42 heavy (non-hydrogen) atoms. The molecule has 0 fully saturated rings. The van der Waals surface area contributed by atoms with Crippen molar-refractivity contribution in [2.45, 2.75) is 16.1 Å². The number of rotatable bonds is 3. The average Bonchev–Trinajstić information content (AvgIpc) is 3.62. The molecule has 0 N–H and O–H groups in total. The van der Waals surface area contributed by atoms with Gasteiger partial charge in [-0.25, -0.2) is 9.97 Å². The van der Waals surface area contributed by atoms with Crippen molar-refractivity contribution in [2.24, 2.45) is 0 Å². The van der Waals surface area contributed by atoms with Crippen molar-refractivity contribution in [1.82, 2.24) is 14.5 Å². The maximum atomic E-state index is 5.28. The smallest absolute Gasteiger partial charge is 0.235 e. The molecule has 0 amide bonds. The number of hydrogen-bond donors (Lipinski definition) is 0. The van der Waals surface area contributed by atoms with Gasteiger partial charge in [-0.15, -0.1) is 11.8 Å². The minimum Gasteiger partial charge on any atom is -0.277 e. The Labute approximate surface area is 247 Å². The lowest BCUT2D eigenvalue weighted by atomic mass is 9.87. The maximum Gasteiger partial charge on any atom is 0.235 e. The fourth-order valence-electron chi connectivity index (χ4n) is 6.71. The van der Waals surface area contributed by atoms with Crippen LogP contribution in [0.2, 0.25) is 0 Å². The van der Waals surface area contributed by atoms with Crippen LogP contribution in [0, 0.1) is 0 Å². The Kier molecular flexibility index (Phi) is 5.26. The van der Waals surface area contributed by atoms with Gasteiger partial charge < -0.3 is 0 Å². The van der Waals surface area contributed by atoms with Crippen LogP contribution >= 0.6 is 11.8 Å². The summed E-state index contributed by atoms with van der Waals surface area (Å²) in [6.07, 6.45) is 9.13. The number of benzene rings is 5. The van der Waals surface area contributed by atoms with Crippen LogP contribution in [0.3, 0.4) is 0 Å². The van der Waals surface area contributed by atoms with Crippen molar-refractivity contribution in [1.29, 1.82) is 0 Å². The Morgan fingerprint density at radius 1 is 0.595 bits per heavy atom. The van der Waals surface area contributed by atoms with Gasteiger partial charge in [0.2, 0.25) is 5.95 Å². The third-order valence-corrected chi connectivity index (χ3v) is 9.94. The predicted octanol–water partition coefficient (Wildman–Crippen LogP) is 9.74. The quantitative estimate of drug-likeness (QED) is 0.217. The van der Waals surface area contributed by atoms with Gasteiger partial charge in [0, 0.05) is 43.3 Å². The lowest BCUT2D eigenvalue weighted by Crippen LogP contribution is -2.07. The molecule has 198 valence electrons. The summed E-state index contributed by atoms with van der Waals surface area (Å²) in [7, 11) is 0. The fourth-order valence-corrected chi connectivity index (χ4v) is 8.20. The lowest BCUT2D eigenvalue weighted by molar-refractivity contribution is 0.892. The molecular weight excluding hydrogens is 531 g/mol. The van der Waals surface area contributed by atoms with E-state index in [4.69, 9.17) is 9.97 Å². The summed E-state index contributed by atoms with van der Waals surface area (Å²) in [5, 5.41) is 5.50. The molecule has 0 saturated carbocycles. The summed E-state index contributed by atoms with van der Waals surface area (Å²) >= 11 is 2.00. The first-order valence-corrected chi connectivity index (χ1v) is 15.2. The highest BCUT2D eigenvalue weighted by Gasteiger charge is 2.36. The molecule has 2 atom stereocenters. The SMILES string of the molecule is C1=CC2Sc3c(c4c5ccccc5n(-c5nc(-c6ccccc6)cc(-c6ccccc6)n5)c4c4ccccc34)C2C=C1. The molecule has 0 saturated heterocycles. The first-order chi connectivity index (χ1) is 20.8. The Balaban J connectivity index is 1.44. The minimum atomic E-state index is 0.331. The Morgan fingerprint density at radius 3 is 1.90 bits per heavy atom. The van der Waals surface area contributed by atoms with Gasteiger partial charge in [-0.2, -0.15) is 0 Å². The molecule has 0 bridgehead atoms. The highest BCUT2D eigenvalue weighted by molar-refractivity contribution is 8.00. The van der Waals surface area contributed by atoms with Gasteiger partial charge in [0.1, 0.15) is 0 Å². The number of fused-ring (bicyclic) bond motifs is 10. The van der Waals surface area contributed by atoms with E-state index in [9.17, 15) is 0 Å². The standard InChI is InChI=1S/C38H25N3S/c1-3-13-24(14-4-1)30-23-31(25-15-5-2-6-16-25)40-38(39-30)41-32-21-11-9-19-28(32)34-35-29-20-10-12-22-33(29)42-37(35)27-18-8-7-17-26(27)36(34)41/h1-23,29,33H. The average molecular weight is 556 g/mol. The number of para-hydroxylation sites is 1. The number of aromatic nitrogens is 3. The van der Waals surface area contributed by atoms with E-state index in [1.54, 1.807) is 0 Å². The monoisotopic (exact) mass is 555 g/mol. The predicted molar refractivity (Wildman–Crippen MR) is 175 cm³/mol. The largest absolute Gasteiger partial charge is 0.277 e. The molecule has 2 aromatic heterocycles. The number of thioether (sulfide) groups is 1. The summed E-state index contributed by atoms with van der Waals surface area (Å²) in [6, 6.07) is 40.6. The third-order valence-electron chi connectivity index (χ3n) is 8.54. The van der Waals surface area contributed by atoms with Gasteiger partial charge in [-0.3, -0.25) is 4.57 Å². The van der Waals surface area contributed by atoms with Gasteiger partial charge in [0.15, 0.2) is 0 Å². The Morgan fingerprint density at radius 2 is 1.19 bits per heavy atom. The van der Waals surface area contributed by atoms with Crippen LogP contribution in [0.5, 0.6) is 0 Å². The zero-order valence-corrected chi connectivity index (χ0v) is 23.5. The van der Waals surface area contributed by atoms with Crippen LogP contribution < -0.4 is 0 Å². The summed E-state index contributed by atoms with van der Waals surface area (Å²) in [6.45, 7) is 0. The second kappa shape index (κ2) is 9.30. The van der Waals surface area contributed by atoms with Crippen LogP contribution in [0.15, 0.2) is 144 Å². The van der Waals surface area contributed by atoms with Crippen molar-refractivity contribution < 1.29 is 0 Å². The summed E-state index contributed by atoms with van der Waals surface area (Å²) < 4.78 is 2.31. The molecule has 5 aromatic carbocycles. The first kappa shape index (κ1) is 23.7. The van der Waals surface area contributed by atoms with Crippen LogP contribution in [-0.4, -0.2) is 19.8 Å². The Bertz CT molecular complexity index is 2170. The van der Waals surface area contributed by atoms with Crippen LogP contribution in [-0.2, 0) is 0 Å². The molecule has 0 radical (unpaired) electrons. The molecule has 7 aromatic rings. The minimum absolute atomic E-state index is 0.331. The topological polar surface area (TPSA) is 30.7 Å². The van der Waals surface area contributed by atoms with E-state index in [1.165, 1.54) is 37.5 Å². The highest BCUT2D eigenvalue weighted by atomic mass is 32.2. The van der Waals surface area contributed by atoms with E-state index >= 15 is 0 Å². The van der Waals surface area contributed by atoms with Gasteiger partial charge in [0.25, 0.3) is 0 Å². The van der Waals surface area contributed by atoms with Crippen molar-refractivity contribution in [2.75, 3.05) is 0 Å². The van der Waals surface area contributed by atoms with E-state index in [-0.39, 0.29) is 0 Å². The molecule has 3 nitrogen and oxygen atoms in total. The van der Waals surface area contributed by atoms with E-state index in [1.807, 2.05) is 23.9 Å². The molecule has 9 rings (SSSR count). The fraction of sp³-hybridized carbons (Fsp3) is 0.0526. The summed E-state index contributed by atoms with van der Waals surface area (Å²) in [5.41, 5.74) is 7.69. The molecule has 2 aliphatic rings. The highest BCUT2D eigenvalue weighted by Crippen LogP contribution is 2.55. The summed E-state index contributed by atoms with van der Waals surface area (Å²) in [4.78, 5) is 11.9. The molecule has 3 heterocycles. The van der Waals surface area contributed by atoms with Crippen molar-refractivity contribution in [3.05, 3.63) is 145 Å². The van der Waals surface area contributed by atoms with Gasteiger partial charge in [-0.1, -0.05) is 127 Å². The zero-order chi connectivity index (χ0) is 27.6. The second-order valence-corrected chi connectivity index (χ2v) is 12.1. The van der Waals surface area contributed by atoms with E-state index in [0.717, 1.165) is 28.0 Å². The van der Waals surface area contributed by atoms with Gasteiger partial charge in [0.05, 0.1) is 22.4 Å². The number of nitrogens with zero attached hydrogens (tertiary/aromatic N) is 3. The second-order valence-electron chi connectivity index (χ2n) is 10.9. The molecule has 0 spiro atoms. The van der Waals surface area contributed by atoms with Crippen molar-refractivity contribution in [3.8, 4) is 28.5 Å². The molecule has 1 aliphatic heterocycles. The van der Waals surface area contributed by atoms with Crippen LogP contribution in [0.25, 0.3) is 61.0 Å². The maximum absolute atomic E-state index is 5.28. The number of allylic oxidation sites excluding steroid dienone is 3. The first-order valence-electron chi connectivity index (χ1n) is 14.3. The molecule has 1 aliphatic carbocycles. The molecular formula is C38H25N3S. The van der Waals surface area contributed by atoms with Gasteiger partial charge in [-0.05, 0) is 23.1 Å². The molecule has 2 unspecified atom stereocenters. The van der Waals surface area contributed by atoms with E-state index < -0.39 is 0 Å². The third kappa shape index (κ3) is 3.49. The van der Waals surface area contributed by atoms with Gasteiger partial charge >= 0.3 is 0 Å². The van der Waals surface area contributed by atoms with Crippen LogP contribution in [0.1, 0.15) is 11.5 Å². The summed E-state index contributed by atoms with van der Waals surface area (Å²) in [5.74, 6) is 1.02.